The van der Waals surface area contributed by atoms with E-state index in [1.165, 1.54) is 4.31 Å². The van der Waals surface area contributed by atoms with Gasteiger partial charge in [0.25, 0.3) is 0 Å². The molecular formula is C26H30N2O4S2. The first-order chi connectivity index (χ1) is 16.5. The van der Waals surface area contributed by atoms with Crippen LogP contribution in [0, 0.1) is 5.92 Å². The summed E-state index contributed by atoms with van der Waals surface area (Å²) in [5.41, 5.74) is 1.73. The lowest BCUT2D eigenvalue weighted by atomic mass is 9.96. The summed E-state index contributed by atoms with van der Waals surface area (Å²) in [7, 11) is -1.78. The number of carbonyl (C=O) groups is 1. The fourth-order valence-electron chi connectivity index (χ4n) is 4.36. The second-order valence-electron chi connectivity index (χ2n) is 8.50. The Morgan fingerprint density at radius 1 is 1.00 bits per heavy atom. The van der Waals surface area contributed by atoms with Gasteiger partial charge in [-0.15, -0.1) is 11.3 Å². The molecule has 1 amide bonds. The van der Waals surface area contributed by atoms with Crippen molar-refractivity contribution in [2.75, 3.05) is 20.2 Å². The number of amides is 1. The number of carbonyl (C=O) groups excluding carboxylic acids is 1. The Labute approximate surface area is 205 Å². The molecule has 1 aromatic heterocycles. The zero-order valence-electron chi connectivity index (χ0n) is 19.3. The molecule has 0 N–H and O–H groups in total. The van der Waals surface area contributed by atoms with Crippen molar-refractivity contribution < 1.29 is 17.9 Å². The number of sulfonamides is 1. The fraction of sp³-hybridized carbons (Fsp3) is 0.346. The van der Waals surface area contributed by atoms with Crippen LogP contribution in [0.3, 0.4) is 0 Å². The van der Waals surface area contributed by atoms with Gasteiger partial charge in [0.2, 0.25) is 15.9 Å². The number of hydrogen-bond acceptors (Lipinski definition) is 5. The van der Waals surface area contributed by atoms with Crippen LogP contribution in [0.4, 0.5) is 0 Å². The molecule has 3 aromatic rings. The summed E-state index contributed by atoms with van der Waals surface area (Å²) in [6.45, 7) is 1.72. The summed E-state index contributed by atoms with van der Waals surface area (Å²) in [6.07, 6.45) is 1.05. The van der Waals surface area contributed by atoms with Crippen LogP contribution in [0.5, 0.6) is 5.75 Å². The summed E-state index contributed by atoms with van der Waals surface area (Å²) in [4.78, 5) is 16.6. The Morgan fingerprint density at radius 2 is 1.71 bits per heavy atom. The molecule has 4 rings (SSSR count). The third kappa shape index (κ3) is 6.05. The molecule has 0 radical (unpaired) electrons. The summed E-state index contributed by atoms with van der Waals surface area (Å²) in [5.74, 6) is 0.621. The van der Waals surface area contributed by atoms with Gasteiger partial charge in [0, 0.05) is 36.0 Å². The van der Waals surface area contributed by atoms with Gasteiger partial charge in [-0.05, 0) is 35.9 Å². The van der Waals surface area contributed by atoms with E-state index in [-0.39, 0.29) is 17.6 Å². The number of nitrogens with zero attached hydrogens (tertiary/aromatic N) is 2. The van der Waals surface area contributed by atoms with Gasteiger partial charge in [-0.25, -0.2) is 12.7 Å². The Morgan fingerprint density at radius 3 is 2.38 bits per heavy atom. The molecule has 0 atom stereocenters. The summed E-state index contributed by atoms with van der Waals surface area (Å²) in [6, 6.07) is 21.0. The molecule has 1 aliphatic heterocycles. The van der Waals surface area contributed by atoms with Gasteiger partial charge in [-0.1, -0.05) is 54.6 Å². The predicted octanol–water partition coefficient (Wildman–Crippen LogP) is 4.53. The van der Waals surface area contributed by atoms with Crippen LogP contribution in [0.1, 0.15) is 28.8 Å². The maximum absolute atomic E-state index is 13.6. The average molecular weight is 499 g/mol. The van der Waals surface area contributed by atoms with Crippen molar-refractivity contribution in [1.82, 2.24) is 9.21 Å². The van der Waals surface area contributed by atoms with Crippen LogP contribution in [0.2, 0.25) is 0 Å². The van der Waals surface area contributed by atoms with Crippen molar-refractivity contribution in [3.8, 4) is 5.75 Å². The fourth-order valence-corrected chi connectivity index (χ4v) is 6.64. The normalized spacial score (nSPS) is 15.2. The number of hydrogen-bond donors (Lipinski definition) is 0. The van der Waals surface area contributed by atoms with Gasteiger partial charge in [-0.3, -0.25) is 4.79 Å². The topological polar surface area (TPSA) is 66.9 Å². The van der Waals surface area contributed by atoms with Crippen LogP contribution in [-0.4, -0.2) is 43.7 Å². The Kier molecular flexibility index (Phi) is 8.03. The maximum Gasteiger partial charge on any atom is 0.226 e. The van der Waals surface area contributed by atoms with Crippen molar-refractivity contribution in [2.24, 2.45) is 5.92 Å². The Bertz CT molecular complexity index is 1170. The number of benzene rings is 2. The highest BCUT2D eigenvalue weighted by atomic mass is 32.2. The number of ether oxygens (including phenoxy) is 1. The molecule has 0 bridgehead atoms. The number of piperidine rings is 1. The smallest absolute Gasteiger partial charge is 0.226 e. The highest BCUT2D eigenvalue weighted by Gasteiger charge is 2.33. The lowest BCUT2D eigenvalue weighted by molar-refractivity contribution is -0.138. The van der Waals surface area contributed by atoms with E-state index < -0.39 is 10.0 Å². The lowest BCUT2D eigenvalue weighted by Crippen LogP contribution is -2.44. The van der Waals surface area contributed by atoms with Gasteiger partial charge < -0.3 is 9.64 Å². The van der Waals surface area contributed by atoms with Crippen LogP contribution >= 0.6 is 11.3 Å². The molecule has 0 saturated carbocycles. The van der Waals surface area contributed by atoms with Gasteiger partial charge in [0.05, 0.1) is 19.4 Å². The molecule has 180 valence electrons. The lowest BCUT2D eigenvalue weighted by Gasteiger charge is -2.34. The SMILES string of the molecule is COc1ccccc1CN(Cc1cccs1)C(=O)C1CCN(S(=O)(=O)Cc2ccccc2)CC1. The van der Waals surface area contributed by atoms with Gasteiger partial charge >= 0.3 is 0 Å². The number of rotatable bonds is 9. The number of thiophene rings is 1. The zero-order valence-corrected chi connectivity index (χ0v) is 20.9. The van der Waals surface area contributed by atoms with E-state index in [1.807, 2.05) is 77.0 Å². The summed E-state index contributed by atoms with van der Waals surface area (Å²) < 4.78 is 32.8. The maximum atomic E-state index is 13.6. The van der Waals surface area contributed by atoms with Crippen LogP contribution in [0.25, 0.3) is 0 Å². The van der Waals surface area contributed by atoms with E-state index in [2.05, 4.69) is 0 Å². The van der Waals surface area contributed by atoms with Crippen molar-refractivity contribution in [2.45, 2.75) is 31.7 Å². The second kappa shape index (κ2) is 11.2. The van der Waals surface area contributed by atoms with Crippen molar-refractivity contribution in [1.29, 1.82) is 0 Å². The molecule has 0 spiro atoms. The molecule has 8 heteroatoms. The monoisotopic (exact) mass is 498 g/mol. The minimum Gasteiger partial charge on any atom is -0.496 e. The molecule has 0 aliphatic carbocycles. The second-order valence-corrected chi connectivity index (χ2v) is 11.5. The molecule has 2 heterocycles. The molecule has 1 aliphatic rings. The van der Waals surface area contributed by atoms with Gasteiger partial charge in [0.15, 0.2) is 0 Å². The van der Waals surface area contributed by atoms with Gasteiger partial charge in [-0.2, -0.15) is 0 Å². The largest absolute Gasteiger partial charge is 0.496 e. The molecule has 6 nitrogen and oxygen atoms in total. The Balaban J connectivity index is 1.44. The number of methoxy groups -OCH3 is 1. The first kappa shape index (κ1) is 24.4. The first-order valence-electron chi connectivity index (χ1n) is 11.4. The van der Waals surface area contributed by atoms with Crippen LogP contribution < -0.4 is 4.74 Å². The first-order valence-corrected chi connectivity index (χ1v) is 13.9. The van der Waals surface area contributed by atoms with Crippen LogP contribution in [0.15, 0.2) is 72.1 Å². The van der Waals surface area contributed by atoms with E-state index in [0.717, 1.165) is 21.8 Å². The quantitative estimate of drug-likeness (QED) is 0.435. The number of para-hydroxylation sites is 1. The van der Waals surface area contributed by atoms with E-state index in [1.54, 1.807) is 18.4 Å². The van der Waals surface area contributed by atoms with E-state index in [9.17, 15) is 13.2 Å². The predicted molar refractivity (Wildman–Crippen MR) is 135 cm³/mol. The molecule has 0 unspecified atom stereocenters. The highest BCUT2D eigenvalue weighted by Crippen LogP contribution is 2.27. The molecule has 2 aromatic carbocycles. The molecular weight excluding hydrogens is 468 g/mol. The average Bonchev–Trinajstić information content (AvgIpc) is 3.37. The van der Waals surface area contributed by atoms with Gasteiger partial charge in [0.1, 0.15) is 5.75 Å². The zero-order chi connectivity index (χ0) is 24.0. The third-order valence-electron chi connectivity index (χ3n) is 6.18. The minimum absolute atomic E-state index is 0.00917. The summed E-state index contributed by atoms with van der Waals surface area (Å²) >= 11 is 1.63. The van der Waals surface area contributed by atoms with E-state index >= 15 is 0 Å². The van der Waals surface area contributed by atoms with E-state index in [4.69, 9.17) is 4.74 Å². The Hall–Kier alpha value is -2.68. The van der Waals surface area contributed by atoms with E-state index in [0.29, 0.717) is 39.0 Å². The van der Waals surface area contributed by atoms with Crippen LogP contribution in [-0.2, 0) is 33.7 Å². The van der Waals surface area contributed by atoms with Crippen molar-refractivity contribution in [3.63, 3.8) is 0 Å². The van der Waals surface area contributed by atoms with Crippen molar-refractivity contribution in [3.05, 3.63) is 88.1 Å². The van der Waals surface area contributed by atoms with Crippen molar-refractivity contribution >= 4 is 27.3 Å². The molecule has 34 heavy (non-hydrogen) atoms. The molecule has 1 saturated heterocycles. The highest BCUT2D eigenvalue weighted by molar-refractivity contribution is 7.88. The minimum atomic E-state index is -3.41. The summed E-state index contributed by atoms with van der Waals surface area (Å²) in [5, 5.41) is 2.01. The standard InChI is InChI=1S/C26H30N2O4S2/c1-32-25-12-6-5-10-23(25)18-27(19-24-11-7-17-33-24)26(29)22-13-15-28(16-14-22)34(30,31)20-21-8-3-2-4-9-21/h2-12,17,22H,13-16,18-20H2,1H3. The third-order valence-corrected chi connectivity index (χ3v) is 8.89. The molecule has 1 fully saturated rings.